The number of hydrogen-bond donors (Lipinski definition) is 0. The molecular weight excluding hydrogens is 402 g/mol. The van der Waals surface area contributed by atoms with Crippen LogP contribution in [-0.4, -0.2) is 34.7 Å². The van der Waals surface area contributed by atoms with Crippen molar-refractivity contribution in [3.05, 3.63) is 65.2 Å². The third kappa shape index (κ3) is 4.29. The number of carbonyl (C=O) groups is 3. The van der Waals surface area contributed by atoms with E-state index in [9.17, 15) is 14.4 Å². The van der Waals surface area contributed by atoms with Crippen molar-refractivity contribution in [1.82, 2.24) is 4.90 Å². The number of benzene rings is 2. The molecule has 1 unspecified atom stereocenters. The van der Waals surface area contributed by atoms with Crippen molar-refractivity contribution in [2.45, 2.75) is 64.0 Å². The predicted molar refractivity (Wildman–Crippen MR) is 121 cm³/mol. The zero-order valence-corrected chi connectivity index (χ0v) is 18.3. The third-order valence-electron chi connectivity index (χ3n) is 6.43. The minimum absolute atomic E-state index is 0.0209. The predicted octanol–water partition coefficient (Wildman–Crippen LogP) is 4.36. The molecule has 4 rings (SSSR count). The standard InChI is InChI=1S/C26H27N3O3/c1-18-7-6-8-20(15-18)25(31)28(21-9-4-2-3-5-10-21)23-16-24(30)29(26(23)32)22-13-11-19(17-27)12-14-22/h6-8,11-15,21,23H,2-5,9-10,16H2,1H3. The Labute approximate surface area is 188 Å². The lowest BCUT2D eigenvalue weighted by Crippen LogP contribution is -2.50. The van der Waals surface area contributed by atoms with Crippen LogP contribution < -0.4 is 4.90 Å². The number of rotatable bonds is 4. The number of aryl methyl sites for hydroxylation is 1. The first kappa shape index (κ1) is 21.8. The van der Waals surface area contributed by atoms with Gasteiger partial charge in [-0.15, -0.1) is 0 Å². The van der Waals surface area contributed by atoms with Crippen molar-refractivity contribution < 1.29 is 14.4 Å². The van der Waals surface area contributed by atoms with Crippen LogP contribution in [0.3, 0.4) is 0 Å². The van der Waals surface area contributed by atoms with Gasteiger partial charge in [0.05, 0.1) is 23.7 Å². The van der Waals surface area contributed by atoms with Crippen LogP contribution in [0, 0.1) is 18.3 Å². The van der Waals surface area contributed by atoms with Gasteiger partial charge in [0.1, 0.15) is 6.04 Å². The van der Waals surface area contributed by atoms with Crippen LogP contribution >= 0.6 is 0 Å². The smallest absolute Gasteiger partial charge is 0.257 e. The van der Waals surface area contributed by atoms with E-state index in [2.05, 4.69) is 0 Å². The SMILES string of the molecule is Cc1cccc(C(=O)N(C2CCCCCC2)C2CC(=O)N(c3ccc(C#N)cc3)C2=O)c1. The maximum atomic E-state index is 13.7. The second-order valence-electron chi connectivity index (χ2n) is 8.67. The van der Waals surface area contributed by atoms with Gasteiger partial charge in [0.25, 0.3) is 11.8 Å². The summed E-state index contributed by atoms with van der Waals surface area (Å²) in [6.07, 6.45) is 5.92. The van der Waals surface area contributed by atoms with Crippen LogP contribution in [0.25, 0.3) is 0 Å². The molecule has 1 heterocycles. The molecule has 0 N–H and O–H groups in total. The van der Waals surface area contributed by atoms with Crippen molar-refractivity contribution in [3.8, 4) is 6.07 Å². The maximum Gasteiger partial charge on any atom is 0.257 e. The Morgan fingerprint density at radius 1 is 1.03 bits per heavy atom. The largest absolute Gasteiger partial charge is 0.323 e. The van der Waals surface area contributed by atoms with E-state index in [0.717, 1.165) is 44.1 Å². The third-order valence-corrected chi connectivity index (χ3v) is 6.43. The normalized spacial score (nSPS) is 19.5. The summed E-state index contributed by atoms with van der Waals surface area (Å²) in [6.45, 7) is 1.93. The van der Waals surface area contributed by atoms with E-state index in [1.807, 2.05) is 31.2 Å². The number of carbonyl (C=O) groups excluding carboxylic acids is 3. The second-order valence-corrected chi connectivity index (χ2v) is 8.67. The quantitative estimate of drug-likeness (QED) is 0.534. The molecule has 1 aliphatic heterocycles. The molecule has 1 saturated carbocycles. The van der Waals surface area contributed by atoms with Gasteiger partial charge < -0.3 is 4.90 Å². The fourth-order valence-corrected chi connectivity index (χ4v) is 4.81. The number of nitriles is 1. The summed E-state index contributed by atoms with van der Waals surface area (Å²) in [4.78, 5) is 43.0. The van der Waals surface area contributed by atoms with Gasteiger partial charge in [-0.1, -0.05) is 43.4 Å². The molecule has 1 saturated heterocycles. The van der Waals surface area contributed by atoms with E-state index in [-0.39, 0.29) is 30.2 Å². The van der Waals surface area contributed by atoms with Crippen molar-refractivity contribution in [2.24, 2.45) is 0 Å². The highest BCUT2D eigenvalue weighted by molar-refractivity contribution is 6.23. The van der Waals surface area contributed by atoms with Gasteiger partial charge in [-0.3, -0.25) is 14.4 Å². The molecule has 2 fully saturated rings. The van der Waals surface area contributed by atoms with Gasteiger partial charge in [0, 0.05) is 11.6 Å². The Balaban J connectivity index is 1.68. The van der Waals surface area contributed by atoms with Gasteiger partial charge in [0.2, 0.25) is 5.91 Å². The molecule has 3 amide bonds. The van der Waals surface area contributed by atoms with Crippen LogP contribution in [0.4, 0.5) is 5.69 Å². The summed E-state index contributed by atoms with van der Waals surface area (Å²) < 4.78 is 0. The number of nitrogens with zero attached hydrogens (tertiary/aromatic N) is 3. The Bertz CT molecular complexity index is 1060. The minimum Gasteiger partial charge on any atom is -0.323 e. The first-order chi connectivity index (χ1) is 15.5. The number of imide groups is 1. The highest BCUT2D eigenvalue weighted by Crippen LogP contribution is 2.32. The summed E-state index contributed by atoms with van der Waals surface area (Å²) in [5.41, 5.74) is 2.42. The van der Waals surface area contributed by atoms with Crippen LogP contribution in [-0.2, 0) is 9.59 Å². The van der Waals surface area contributed by atoms with Crippen molar-refractivity contribution in [1.29, 1.82) is 5.26 Å². The molecule has 2 aromatic carbocycles. The minimum atomic E-state index is -0.811. The van der Waals surface area contributed by atoms with Gasteiger partial charge in [-0.2, -0.15) is 5.26 Å². The highest BCUT2D eigenvalue weighted by atomic mass is 16.2. The molecule has 1 aliphatic carbocycles. The van der Waals surface area contributed by atoms with E-state index in [0.29, 0.717) is 16.8 Å². The Hall–Kier alpha value is -3.46. The molecule has 6 nitrogen and oxygen atoms in total. The molecular formula is C26H27N3O3. The summed E-state index contributed by atoms with van der Waals surface area (Å²) >= 11 is 0. The number of amides is 3. The molecule has 0 radical (unpaired) electrons. The Morgan fingerprint density at radius 2 is 1.72 bits per heavy atom. The lowest BCUT2D eigenvalue weighted by molar-refractivity contribution is -0.123. The van der Waals surface area contributed by atoms with E-state index < -0.39 is 6.04 Å². The zero-order valence-electron chi connectivity index (χ0n) is 18.3. The Kier molecular flexibility index (Phi) is 6.36. The fraction of sp³-hybridized carbons (Fsp3) is 0.385. The van der Waals surface area contributed by atoms with Crippen LogP contribution in [0.15, 0.2) is 48.5 Å². The monoisotopic (exact) mass is 429 g/mol. The average molecular weight is 430 g/mol. The molecule has 2 aliphatic rings. The zero-order chi connectivity index (χ0) is 22.7. The Morgan fingerprint density at radius 3 is 2.34 bits per heavy atom. The lowest BCUT2D eigenvalue weighted by Gasteiger charge is -2.35. The molecule has 0 aromatic heterocycles. The van der Waals surface area contributed by atoms with Crippen molar-refractivity contribution in [2.75, 3.05) is 4.90 Å². The van der Waals surface area contributed by atoms with E-state index in [1.165, 1.54) is 4.90 Å². The summed E-state index contributed by atoms with van der Waals surface area (Å²) in [6, 6.07) is 14.9. The van der Waals surface area contributed by atoms with Gasteiger partial charge in [0.15, 0.2) is 0 Å². The van der Waals surface area contributed by atoms with Crippen molar-refractivity contribution >= 4 is 23.4 Å². The fourth-order valence-electron chi connectivity index (χ4n) is 4.81. The maximum absolute atomic E-state index is 13.7. The molecule has 0 spiro atoms. The lowest BCUT2D eigenvalue weighted by atomic mass is 10.0. The summed E-state index contributed by atoms with van der Waals surface area (Å²) in [5.74, 6) is -0.876. The number of hydrogen-bond acceptors (Lipinski definition) is 4. The second kappa shape index (κ2) is 9.35. The van der Waals surface area contributed by atoms with Gasteiger partial charge in [-0.25, -0.2) is 4.90 Å². The van der Waals surface area contributed by atoms with Gasteiger partial charge in [-0.05, 0) is 56.2 Å². The topological polar surface area (TPSA) is 81.5 Å². The summed E-state index contributed by atoms with van der Waals surface area (Å²) in [7, 11) is 0. The molecule has 164 valence electrons. The van der Waals surface area contributed by atoms with Crippen molar-refractivity contribution in [3.63, 3.8) is 0 Å². The molecule has 1 atom stereocenters. The average Bonchev–Trinajstić information content (AvgIpc) is 2.96. The summed E-state index contributed by atoms with van der Waals surface area (Å²) in [5, 5.41) is 9.03. The number of anilines is 1. The van der Waals surface area contributed by atoms with E-state index >= 15 is 0 Å². The molecule has 0 bridgehead atoms. The van der Waals surface area contributed by atoms with E-state index in [4.69, 9.17) is 5.26 Å². The van der Waals surface area contributed by atoms with Gasteiger partial charge >= 0.3 is 0 Å². The van der Waals surface area contributed by atoms with Crippen LogP contribution in [0.5, 0.6) is 0 Å². The molecule has 2 aromatic rings. The first-order valence-corrected chi connectivity index (χ1v) is 11.3. The molecule has 32 heavy (non-hydrogen) atoms. The highest BCUT2D eigenvalue weighted by Gasteiger charge is 2.46. The first-order valence-electron chi connectivity index (χ1n) is 11.3. The van der Waals surface area contributed by atoms with E-state index in [1.54, 1.807) is 35.2 Å². The van der Waals surface area contributed by atoms with Crippen LogP contribution in [0.1, 0.15) is 66.4 Å². The molecule has 6 heteroatoms. The van der Waals surface area contributed by atoms with Crippen LogP contribution in [0.2, 0.25) is 0 Å².